The van der Waals surface area contributed by atoms with E-state index in [1.54, 1.807) is 6.07 Å². The highest BCUT2D eigenvalue weighted by Gasteiger charge is 2.36. The summed E-state index contributed by atoms with van der Waals surface area (Å²) in [6.07, 6.45) is 18.4. The van der Waals surface area contributed by atoms with Crippen LogP contribution >= 0.6 is 0 Å². The number of benzene rings is 2. The molecule has 2 aliphatic carbocycles. The smallest absolute Gasteiger partial charge is 0.316 e. The van der Waals surface area contributed by atoms with Gasteiger partial charge in [-0.1, -0.05) is 87.9 Å². The normalized spacial score (nSPS) is 23.7. The molecule has 4 heteroatoms. The molecule has 0 atom stereocenters. The van der Waals surface area contributed by atoms with Crippen LogP contribution in [0, 0.1) is 17.7 Å². The van der Waals surface area contributed by atoms with Crippen molar-refractivity contribution in [3.63, 3.8) is 0 Å². The number of rotatable bonds is 14. The summed E-state index contributed by atoms with van der Waals surface area (Å²) in [5.74, 6) is 1.42. The third-order valence-corrected chi connectivity index (χ3v) is 9.70. The van der Waals surface area contributed by atoms with Crippen LogP contribution in [0.15, 0.2) is 54.6 Å². The van der Waals surface area contributed by atoms with Gasteiger partial charge in [0.1, 0.15) is 5.82 Å². The summed E-state index contributed by atoms with van der Waals surface area (Å²) >= 11 is 0. The second-order valence-electron chi connectivity index (χ2n) is 12.7. The Labute approximate surface area is 247 Å². The van der Waals surface area contributed by atoms with Crippen molar-refractivity contribution in [3.05, 3.63) is 82.7 Å². The Bertz CT molecular complexity index is 1060. The molecule has 2 saturated carbocycles. The van der Waals surface area contributed by atoms with Crippen LogP contribution < -0.4 is 0 Å². The first-order chi connectivity index (χ1) is 19.9. The Kier molecular flexibility index (Phi) is 12.4. The molecule has 0 saturated heterocycles. The van der Waals surface area contributed by atoms with Gasteiger partial charge in [0, 0.05) is 0 Å². The number of halogens is 3. The summed E-state index contributed by atoms with van der Waals surface area (Å²) in [6.45, 7) is 4.13. The van der Waals surface area contributed by atoms with Crippen molar-refractivity contribution in [2.45, 2.75) is 128 Å². The molecular weight excluding hydrogens is 517 g/mol. The molecule has 2 fully saturated rings. The van der Waals surface area contributed by atoms with E-state index in [1.807, 2.05) is 19.1 Å². The molecule has 2 aliphatic rings. The fourth-order valence-corrected chi connectivity index (χ4v) is 7.09. The van der Waals surface area contributed by atoms with Gasteiger partial charge in [-0.25, -0.2) is 4.39 Å². The fourth-order valence-electron chi connectivity index (χ4n) is 7.09. The molecule has 4 rings (SSSR count). The highest BCUT2D eigenvalue weighted by Crippen LogP contribution is 2.40. The van der Waals surface area contributed by atoms with Crippen molar-refractivity contribution in [2.75, 3.05) is 6.61 Å². The molecular formula is C37H51F3O. The largest absolute Gasteiger partial charge is 0.386 e. The van der Waals surface area contributed by atoms with E-state index in [4.69, 9.17) is 4.74 Å². The SMILES string of the molecule is C/C=C/[C@H]1CC[C@H](c2ccc(C(F)(F)OCCc3ccc([C@H]4CC[C@H](CCCCCCC)CC4)cc3)c(F)c2)CC1. The lowest BCUT2D eigenvalue weighted by Gasteiger charge is -2.29. The van der Waals surface area contributed by atoms with Gasteiger partial charge < -0.3 is 4.74 Å². The standard InChI is InChI=1S/C37H51F3O/c1-3-5-6-7-8-10-29-13-17-31(18-14-29)32-19-15-30(16-20-32)25-26-41-37(39,40)35-24-23-34(27-36(35)38)33-21-11-28(9-4-2)12-22-33/h4,9,15-16,19-20,23-24,27-29,31,33H,3,5-8,10-14,17-18,21-22,25-26H2,1-2H3/b9-4+/t28-,29-,31-,33-. The molecule has 1 nitrogen and oxygen atoms in total. The van der Waals surface area contributed by atoms with Gasteiger partial charge >= 0.3 is 6.11 Å². The number of unbranched alkanes of at least 4 members (excludes halogenated alkanes) is 4. The number of allylic oxidation sites excluding steroid dienone is 2. The Morgan fingerprint density at radius 3 is 2.10 bits per heavy atom. The zero-order chi connectivity index (χ0) is 29.1. The van der Waals surface area contributed by atoms with Crippen molar-refractivity contribution in [3.8, 4) is 0 Å². The average Bonchev–Trinajstić information content (AvgIpc) is 2.98. The van der Waals surface area contributed by atoms with Crippen molar-refractivity contribution >= 4 is 0 Å². The Morgan fingerprint density at radius 2 is 1.44 bits per heavy atom. The summed E-state index contributed by atoms with van der Waals surface area (Å²) in [7, 11) is 0. The summed E-state index contributed by atoms with van der Waals surface area (Å²) in [5, 5.41) is 0. The summed E-state index contributed by atoms with van der Waals surface area (Å²) in [6, 6.07) is 12.6. The molecule has 41 heavy (non-hydrogen) atoms. The summed E-state index contributed by atoms with van der Waals surface area (Å²) < 4.78 is 49.4. The van der Waals surface area contributed by atoms with Gasteiger partial charge in [-0.2, -0.15) is 8.78 Å². The lowest BCUT2D eigenvalue weighted by molar-refractivity contribution is -0.249. The van der Waals surface area contributed by atoms with Gasteiger partial charge in [0.2, 0.25) is 0 Å². The first kappa shape index (κ1) is 31.9. The quantitative estimate of drug-likeness (QED) is 0.163. The van der Waals surface area contributed by atoms with Gasteiger partial charge in [0.15, 0.2) is 0 Å². The Hall–Kier alpha value is -2.07. The third kappa shape index (κ3) is 9.46. The molecule has 0 heterocycles. The van der Waals surface area contributed by atoms with Crippen molar-refractivity contribution in [2.24, 2.45) is 11.8 Å². The van der Waals surface area contributed by atoms with E-state index in [-0.39, 0.29) is 12.5 Å². The third-order valence-electron chi connectivity index (χ3n) is 9.70. The van der Waals surface area contributed by atoms with E-state index >= 15 is 0 Å². The van der Waals surface area contributed by atoms with E-state index in [0.29, 0.717) is 18.3 Å². The predicted molar refractivity (Wildman–Crippen MR) is 164 cm³/mol. The molecule has 0 radical (unpaired) electrons. The topological polar surface area (TPSA) is 9.23 Å². The van der Waals surface area contributed by atoms with Crippen LogP contribution in [0.2, 0.25) is 0 Å². The van der Waals surface area contributed by atoms with Crippen molar-refractivity contribution < 1.29 is 17.9 Å². The zero-order valence-corrected chi connectivity index (χ0v) is 25.4. The molecule has 2 aromatic carbocycles. The summed E-state index contributed by atoms with van der Waals surface area (Å²) in [4.78, 5) is 0. The minimum Gasteiger partial charge on any atom is -0.316 e. The lowest BCUT2D eigenvalue weighted by atomic mass is 9.77. The fraction of sp³-hybridized carbons (Fsp3) is 0.622. The van der Waals surface area contributed by atoms with Crippen molar-refractivity contribution in [1.82, 2.24) is 0 Å². The molecule has 0 bridgehead atoms. The molecule has 226 valence electrons. The second kappa shape index (κ2) is 16.0. The number of ether oxygens (including phenoxy) is 1. The minimum atomic E-state index is -3.65. The van der Waals surface area contributed by atoms with E-state index < -0.39 is 17.5 Å². The molecule has 0 spiro atoms. The van der Waals surface area contributed by atoms with E-state index in [2.05, 4.69) is 31.2 Å². The molecule has 2 aromatic rings. The van der Waals surface area contributed by atoms with Gasteiger partial charge in [0.05, 0.1) is 12.2 Å². The zero-order valence-electron chi connectivity index (χ0n) is 25.4. The van der Waals surface area contributed by atoms with E-state index in [1.165, 1.54) is 81.9 Å². The molecule has 0 aromatic heterocycles. The average molecular weight is 569 g/mol. The van der Waals surface area contributed by atoms with Gasteiger partial charge in [-0.3, -0.25) is 0 Å². The number of alkyl halides is 2. The summed E-state index contributed by atoms with van der Waals surface area (Å²) in [5.41, 5.74) is 2.47. The van der Waals surface area contributed by atoms with Crippen LogP contribution in [0.5, 0.6) is 0 Å². The van der Waals surface area contributed by atoms with Crippen LogP contribution in [0.4, 0.5) is 13.2 Å². The van der Waals surface area contributed by atoms with E-state index in [0.717, 1.165) is 42.7 Å². The minimum absolute atomic E-state index is 0.161. The van der Waals surface area contributed by atoms with Crippen LogP contribution in [0.1, 0.15) is 138 Å². The predicted octanol–water partition coefficient (Wildman–Crippen LogP) is 11.6. The van der Waals surface area contributed by atoms with Gasteiger partial charge in [0.25, 0.3) is 0 Å². The molecule has 0 unspecified atom stereocenters. The highest BCUT2D eigenvalue weighted by molar-refractivity contribution is 5.30. The first-order valence-electron chi connectivity index (χ1n) is 16.4. The first-order valence-corrected chi connectivity index (χ1v) is 16.4. The highest BCUT2D eigenvalue weighted by atomic mass is 19.3. The molecule has 0 aliphatic heterocycles. The van der Waals surface area contributed by atoms with Crippen molar-refractivity contribution in [1.29, 1.82) is 0 Å². The second-order valence-corrected chi connectivity index (χ2v) is 12.7. The van der Waals surface area contributed by atoms with Crippen LogP contribution in [0.3, 0.4) is 0 Å². The lowest BCUT2D eigenvalue weighted by Crippen LogP contribution is -2.22. The maximum Gasteiger partial charge on any atom is 0.386 e. The van der Waals surface area contributed by atoms with Crippen LogP contribution in [0.25, 0.3) is 0 Å². The van der Waals surface area contributed by atoms with Crippen LogP contribution in [-0.2, 0) is 17.3 Å². The maximum absolute atomic E-state index is 14.8. The van der Waals surface area contributed by atoms with Gasteiger partial charge in [-0.05, 0) is 117 Å². The number of hydrogen-bond donors (Lipinski definition) is 0. The van der Waals surface area contributed by atoms with Crippen LogP contribution in [-0.4, -0.2) is 6.61 Å². The Morgan fingerprint density at radius 1 is 0.805 bits per heavy atom. The number of hydrogen-bond acceptors (Lipinski definition) is 1. The Balaban J connectivity index is 1.20. The molecule has 0 N–H and O–H groups in total. The van der Waals surface area contributed by atoms with Gasteiger partial charge in [-0.15, -0.1) is 0 Å². The monoisotopic (exact) mass is 568 g/mol. The van der Waals surface area contributed by atoms with E-state index in [9.17, 15) is 13.2 Å². The molecule has 0 amide bonds. The maximum atomic E-state index is 14.8.